The van der Waals surface area contributed by atoms with Gasteiger partial charge >= 0.3 is 11.9 Å². The molecule has 39 heavy (non-hydrogen) atoms. The Bertz CT molecular complexity index is 535. The first-order valence-electron chi connectivity index (χ1n) is 14.0. The van der Waals surface area contributed by atoms with Gasteiger partial charge in [-0.1, -0.05) is 26.7 Å². The minimum absolute atomic E-state index is 0.00458. The molecule has 0 bridgehead atoms. The Labute approximate surface area is 234 Å². The highest BCUT2D eigenvalue weighted by atomic mass is 16.6. The topological polar surface area (TPSA) is 126 Å². The summed E-state index contributed by atoms with van der Waals surface area (Å²) in [5, 5.41) is 0. The second-order valence-electron chi connectivity index (χ2n) is 8.33. The van der Waals surface area contributed by atoms with E-state index < -0.39 is 5.97 Å². The van der Waals surface area contributed by atoms with E-state index >= 15 is 0 Å². The van der Waals surface area contributed by atoms with Gasteiger partial charge in [0.05, 0.1) is 112 Å². The Morgan fingerprint density at radius 1 is 0.538 bits per heavy atom. The highest BCUT2D eigenvalue weighted by molar-refractivity contribution is 5.72. The second kappa shape index (κ2) is 31.2. The van der Waals surface area contributed by atoms with E-state index in [1.807, 2.05) is 6.92 Å². The van der Waals surface area contributed by atoms with Gasteiger partial charge in [0.15, 0.2) is 0 Å². The van der Waals surface area contributed by atoms with Gasteiger partial charge in [-0.15, -0.1) is 0 Å². The number of carbonyl (C=O) groups is 2. The highest BCUT2D eigenvalue weighted by Gasteiger charge is 2.16. The molecule has 0 aliphatic rings. The summed E-state index contributed by atoms with van der Waals surface area (Å²) in [4.78, 5) is 22.8. The van der Waals surface area contributed by atoms with Gasteiger partial charge in [-0.3, -0.25) is 4.79 Å². The Hall–Kier alpha value is -1.38. The number of rotatable bonds is 31. The Morgan fingerprint density at radius 2 is 0.897 bits per heavy atom. The lowest BCUT2D eigenvalue weighted by molar-refractivity contribution is -0.150. The minimum Gasteiger partial charge on any atom is -0.467 e. The maximum absolute atomic E-state index is 12.0. The van der Waals surface area contributed by atoms with Gasteiger partial charge in [0, 0.05) is 0 Å². The van der Waals surface area contributed by atoms with Gasteiger partial charge in [-0.2, -0.15) is 0 Å². The van der Waals surface area contributed by atoms with Crippen LogP contribution in [0.2, 0.25) is 0 Å². The van der Waals surface area contributed by atoms with E-state index in [0.717, 1.165) is 25.7 Å². The normalized spacial score (nSPS) is 12.0. The largest absolute Gasteiger partial charge is 0.467 e. The van der Waals surface area contributed by atoms with Crippen molar-refractivity contribution in [3.05, 3.63) is 0 Å². The zero-order valence-corrected chi connectivity index (χ0v) is 24.3. The number of unbranched alkanes of at least 4 members (excludes halogenated alkanes) is 1. The summed E-state index contributed by atoms with van der Waals surface area (Å²) in [5.41, 5.74) is 0. The van der Waals surface area contributed by atoms with E-state index in [1.165, 1.54) is 7.11 Å². The quantitative estimate of drug-likeness (QED) is 0.0897. The third-order valence-electron chi connectivity index (χ3n) is 5.26. The van der Waals surface area contributed by atoms with Crippen LogP contribution in [0, 0.1) is 5.92 Å². The smallest absolute Gasteiger partial charge is 0.331 e. The van der Waals surface area contributed by atoms with Crippen LogP contribution in [0.15, 0.2) is 0 Å². The lowest BCUT2D eigenvalue weighted by atomic mass is 10.00. The van der Waals surface area contributed by atoms with Gasteiger partial charge in [-0.25, -0.2) is 4.79 Å². The summed E-state index contributed by atoms with van der Waals surface area (Å²) in [7, 11) is 1.31. The monoisotopic (exact) mass is 568 g/mol. The summed E-state index contributed by atoms with van der Waals surface area (Å²) >= 11 is 0. The molecule has 0 spiro atoms. The molecule has 0 saturated carbocycles. The molecule has 0 amide bonds. The number of carbonyl (C=O) groups excluding carboxylic acids is 2. The van der Waals surface area contributed by atoms with Crippen LogP contribution in [-0.4, -0.2) is 131 Å². The SMILES string of the molecule is CCCCC(CC)C(=O)OCCOCCOCCOCCOCCOCCOCCOCCOCC(=O)OC. The molecule has 0 aromatic carbocycles. The molecule has 0 aromatic rings. The Balaban J connectivity index is 3.18. The fourth-order valence-corrected chi connectivity index (χ4v) is 3.01. The first-order chi connectivity index (χ1) is 19.2. The molecule has 232 valence electrons. The predicted octanol–water partition coefficient (Wildman–Crippen LogP) is 2.05. The lowest BCUT2D eigenvalue weighted by Gasteiger charge is -2.13. The first-order valence-corrected chi connectivity index (χ1v) is 14.0. The van der Waals surface area contributed by atoms with Crippen LogP contribution >= 0.6 is 0 Å². The van der Waals surface area contributed by atoms with Crippen LogP contribution in [0.3, 0.4) is 0 Å². The highest BCUT2D eigenvalue weighted by Crippen LogP contribution is 2.14. The molecule has 0 aliphatic carbocycles. The zero-order chi connectivity index (χ0) is 28.7. The molecular formula is C27H52O12. The number of hydrogen-bond donors (Lipinski definition) is 0. The molecule has 0 rings (SSSR count). The molecule has 12 nitrogen and oxygen atoms in total. The Morgan fingerprint density at radius 3 is 1.23 bits per heavy atom. The second-order valence-corrected chi connectivity index (χ2v) is 8.33. The molecule has 0 heterocycles. The van der Waals surface area contributed by atoms with E-state index in [4.69, 9.17) is 42.6 Å². The van der Waals surface area contributed by atoms with Gasteiger partial charge in [0.1, 0.15) is 13.2 Å². The average Bonchev–Trinajstić information content (AvgIpc) is 2.95. The van der Waals surface area contributed by atoms with E-state index in [1.54, 1.807) is 0 Å². The average molecular weight is 569 g/mol. The van der Waals surface area contributed by atoms with Crippen molar-refractivity contribution in [2.45, 2.75) is 39.5 Å². The number of esters is 2. The number of hydrogen-bond acceptors (Lipinski definition) is 12. The van der Waals surface area contributed by atoms with Crippen LogP contribution in [0.25, 0.3) is 0 Å². The van der Waals surface area contributed by atoms with Gasteiger partial charge in [-0.05, 0) is 12.8 Å². The molecule has 0 aromatic heterocycles. The van der Waals surface area contributed by atoms with Gasteiger partial charge in [0.2, 0.25) is 0 Å². The molecule has 1 unspecified atom stereocenters. The summed E-state index contributed by atoms with van der Waals surface area (Å²) in [5.74, 6) is -0.537. The number of ether oxygens (including phenoxy) is 10. The molecular weight excluding hydrogens is 516 g/mol. The lowest BCUT2D eigenvalue weighted by Crippen LogP contribution is -2.20. The van der Waals surface area contributed by atoms with Crippen LogP contribution in [-0.2, 0) is 57.0 Å². The van der Waals surface area contributed by atoms with E-state index in [9.17, 15) is 9.59 Å². The Kier molecular flexibility index (Phi) is 30.0. The maximum atomic E-state index is 12.0. The van der Waals surface area contributed by atoms with Crippen LogP contribution in [0.1, 0.15) is 39.5 Å². The van der Waals surface area contributed by atoms with Crippen molar-refractivity contribution >= 4 is 11.9 Å². The van der Waals surface area contributed by atoms with Crippen molar-refractivity contribution in [3.63, 3.8) is 0 Å². The van der Waals surface area contributed by atoms with E-state index in [-0.39, 0.29) is 25.1 Å². The van der Waals surface area contributed by atoms with Gasteiger partial charge in [0.25, 0.3) is 0 Å². The van der Waals surface area contributed by atoms with Crippen molar-refractivity contribution in [3.8, 4) is 0 Å². The van der Waals surface area contributed by atoms with E-state index in [0.29, 0.717) is 99.1 Å². The number of methoxy groups -OCH3 is 1. The predicted molar refractivity (Wildman–Crippen MR) is 143 cm³/mol. The fourth-order valence-electron chi connectivity index (χ4n) is 3.01. The molecule has 1 atom stereocenters. The molecule has 0 aliphatic heterocycles. The zero-order valence-electron chi connectivity index (χ0n) is 24.3. The van der Waals surface area contributed by atoms with Crippen LogP contribution in [0.5, 0.6) is 0 Å². The molecule has 0 saturated heterocycles. The van der Waals surface area contributed by atoms with Crippen molar-refractivity contribution in [1.82, 2.24) is 0 Å². The van der Waals surface area contributed by atoms with Crippen molar-refractivity contribution < 1.29 is 57.0 Å². The van der Waals surface area contributed by atoms with Gasteiger partial charge < -0.3 is 47.4 Å². The third kappa shape index (κ3) is 28.0. The molecule has 0 radical (unpaired) electrons. The summed E-state index contributed by atoms with van der Waals surface area (Å²) in [6.07, 6.45) is 3.83. The first kappa shape index (κ1) is 37.6. The van der Waals surface area contributed by atoms with Crippen molar-refractivity contribution in [2.75, 3.05) is 119 Å². The minimum atomic E-state index is -0.409. The van der Waals surface area contributed by atoms with Crippen LogP contribution in [0.4, 0.5) is 0 Å². The summed E-state index contributed by atoms with van der Waals surface area (Å²) in [6.45, 7) is 11.1. The summed E-state index contributed by atoms with van der Waals surface area (Å²) in [6, 6.07) is 0. The third-order valence-corrected chi connectivity index (χ3v) is 5.26. The van der Waals surface area contributed by atoms with Crippen LogP contribution < -0.4 is 0 Å². The molecule has 0 fully saturated rings. The fraction of sp³-hybridized carbons (Fsp3) is 0.926. The maximum Gasteiger partial charge on any atom is 0.331 e. The van der Waals surface area contributed by atoms with Crippen molar-refractivity contribution in [2.24, 2.45) is 5.92 Å². The standard InChI is InChI=1S/C27H52O12/c1-4-6-7-25(5-2)27(29)39-23-22-37-19-18-35-15-14-33-11-10-31-8-9-32-12-13-34-16-17-36-20-21-38-24-26(28)30-3/h25H,4-24H2,1-3H3. The molecule has 12 heteroatoms. The van der Waals surface area contributed by atoms with Crippen molar-refractivity contribution in [1.29, 1.82) is 0 Å². The van der Waals surface area contributed by atoms with E-state index in [2.05, 4.69) is 11.7 Å². The summed E-state index contributed by atoms with van der Waals surface area (Å²) < 4.78 is 52.7. The molecule has 0 N–H and O–H groups in total.